The van der Waals surface area contributed by atoms with E-state index in [-0.39, 0.29) is 18.4 Å². The molecule has 3 N–H and O–H groups in total. The van der Waals surface area contributed by atoms with Gasteiger partial charge in [0.15, 0.2) is 11.5 Å². The summed E-state index contributed by atoms with van der Waals surface area (Å²) in [6, 6.07) is 9.09. The number of carbonyl (C=O) groups is 2. The number of hydrogen-bond donors (Lipinski definition) is 3. The Morgan fingerprint density at radius 3 is 2.64 bits per heavy atom. The topological polar surface area (TPSA) is 121 Å². The fourth-order valence-electron chi connectivity index (χ4n) is 5.07. The number of pyridine rings is 1. The number of benzene rings is 1. The van der Waals surface area contributed by atoms with E-state index >= 15 is 0 Å². The quantitative estimate of drug-likeness (QED) is 0.600. The number of hydrogen-bond acceptors (Lipinski definition) is 7. The zero-order valence-electron chi connectivity index (χ0n) is 18.5. The van der Waals surface area contributed by atoms with Crippen molar-refractivity contribution in [1.29, 1.82) is 0 Å². The van der Waals surface area contributed by atoms with E-state index < -0.39 is 6.10 Å². The molecule has 176 valence electrons. The molecule has 3 aliphatic rings. The van der Waals surface area contributed by atoms with Crippen molar-refractivity contribution >= 4 is 18.2 Å². The molecule has 0 spiro atoms. The van der Waals surface area contributed by atoms with E-state index in [2.05, 4.69) is 28.2 Å². The van der Waals surface area contributed by atoms with E-state index in [4.69, 9.17) is 19.4 Å². The molecule has 1 aromatic carbocycles. The minimum atomic E-state index is -0.559. The summed E-state index contributed by atoms with van der Waals surface area (Å²) in [5, 5.41) is 20.7. The number of aryl methyl sites for hydroxylation is 1. The normalized spacial score (nSPS) is 25.3. The first-order chi connectivity index (χ1) is 16.0. The number of carboxylic acid groups (broad SMARTS) is 1. The minimum absolute atomic E-state index is 0.227. The van der Waals surface area contributed by atoms with Crippen LogP contribution in [0.3, 0.4) is 0 Å². The molecular weight excluding hydrogens is 426 g/mol. The molecule has 4 atom stereocenters. The highest BCUT2D eigenvalue weighted by molar-refractivity contribution is 5.98. The molecule has 1 aromatic heterocycles. The van der Waals surface area contributed by atoms with E-state index in [9.17, 15) is 9.90 Å². The Morgan fingerprint density at radius 1 is 1.15 bits per heavy atom. The fourth-order valence-corrected chi connectivity index (χ4v) is 5.07. The smallest absolute Gasteiger partial charge is 0.290 e. The van der Waals surface area contributed by atoms with Gasteiger partial charge in [-0.25, -0.2) is 4.98 Å². The van der Waals surface area contributed by atoms with Crippen LogP contribution in [-0.4, -0.2) is 66.0 Å². The average Bonchev–Trinajstić information content (AvgIpc) is 3.22. The van der Waals surface area contributed by atoms with Crippen LogP contribution in [0.5, 0.6) is 11.5 Å². The van der Waals surface area contributed by atoms with Crippen LogP contribution in [0, 0.1) is 18.8 Å². The third kappa shape index (κ3) is 4.88. The summed E-state index contributed by atoms with van der Waals surface area (Å²) < 4.78 is 11.3. The summed E-state index contributed by atoms with van der Waals surface area (Å²) in [5.41, 5.74) is 1.62. The Kier molecular flexibility index (Phi) is 6.98. The van der Waals surface area contributed by atoms with E-state index in [1.54, 1.807) is 18.2 Å². The maximum Gasteiger partial charge on any atom is 0.290 e. The van der Waals surface area contributed by atoms with Crippen molar-refractivity contribution in [1.82, 2.24) is 10.3 Å². The lowest BCUT2D eigenvalue weighted by Crippen LogP contribution is -2.49. The Morgan fingerprint density at radius 2 is 1.88 bits per heavy atom. The minimum Gasteiger partial charge on any atom is -0.486 e. The molecular formula is C24H29N3O6. The van der Waals surface area contributed by atoms with E-state index in [0.717, 1.165) is 30.9 Å². The SMILES string of the molecule is Cc1cccnc1N1C[C@H]2C[C@H](O)[C@@H](NC(=O)c3cccc4c3OCCO4)C[C@H]2C1.O=CO. The average molecular weight is 456 g/mol. The summed E-state index contributed by atoms with van der Waals surface area (Å²) in [6.45, 7) is 4.54. The third-order valence-electron chi connectivity index (χ3n) is 6.55. The molecule has 1 saturated carbocycles. The van der Waals surface area contributed by atoms with Crippen molar-refractivity contribution in [3.8, 4) is 11.5 Å². The van der Waals surface area contributed by atoms with Crippen LogP contribution in [0.1, 0.15) is 28.8 Å². The highest BCUT2D eigenvalue weighted by Gasteiger charge is 2.43. The van der Waals surface area contributed by atoms with Crippen LogP contribution in [0.15, 0.2) is 36.5 Å². The predicted octanol–water partition coefficient (Wildman–Crippen LogP) is 1.87. The number of carbonyl (C=O) groups excluding carboxylic acids is 1. The zero-order chi connectivity index (χ0) is 23.4. The summed E-state index contributed by atoms with van der Waals surface area (Å²) in [6.07, 6.45) is 2.71. The van der Waals surface area contributed by atoms with Crippen LogP contribution >= 0.6 is 0 Å². The second kappa shape index (κ2) is 10.1. The number of aromatic nitrogens is 1. The van der Waals surface area contributed by atoms with Crippen LogP contribution in [0.4, 0.5) is 5.82 Å². The number of ether oxygens (including phenoxy) is 2. The largest absolute Gasteiger partial charge is 0.486 e. The van der Waals surface area contributed by atoms with Gasteiger partial charge in [0.2, 0.25) is 0 Å². The molecule has 9 nitrogen and oxygen atoms in total. The number of aliphatic hydroxyl groups excluding tert-OH is 1. The molecule has 1 saturated heterocycles. The molecule has 33 heavy (non-hydrogen) atoms. The highest BCUT2D eigenvalue weighted by Crippen LogP contribution is 2.39. The summed E-state index contributed by atoms with van der Waals surface area (Å²) in [7, 11) is 0. The van der Waals surface area contributed by atoms with Gasteiger partial charge < -0.3 is 29.9 Å². The summed E-state index contributed by atoms with van der Waals surface area (Å²) in [5.74, 6) is 2.71. The van der Waals surface area contributed by atoms with Crippen molar-refractivity contribution in [3.63, 3.8) is 0 Å². The van der Waals surface area contributed by atoms with Gasteiger partial charge in [-0.2, -0.15) is 0 Å². The van der Waals surface area contributed by atoms with Crippen molar-refractivity contribution in [3.05, 3.63) is 47.7 Å². The van der Waals surface area contributed by atoms with Gasteiger partial charge >= 0.3 is 0 Å². The Balaban J connectivity index is 0.000000821. The molecule has 5 rings (SSSR count). The molecule has 0 unspecified atom stereocenters. The lowest BCUT2D eigenvalue weighted by Gasteiger charge is -2.35. The lowest BCUT2D eigenvalue weighted by atomic mass is 9.77. The molecule has 0 radical (unpaired) electrons. The number of para-hydroxylation sites is 1. The number of amides is 1. The second-order valence-corrected chi connectivity index (χ2v) is 8.62. The van der Waals surface area contributed by atoms with E-state index in [0.29, 0.717) is 48.5 Å². The number of fused-ring (bicyclic) bond motifs is 2. The first kappa shape index (κ1) is 22.8. The molecule has 9 heteroatoms. The number of nitrogens with zero attached hydrogens (tertiary/aromatic N) is 2. The van der Waals surface area contributed by atoms with Crippen LogP contribution in [0.25, 0.3) is 0 Å². The van der Waals surface area contributed by atoms with Crippen molar-refractivity contribution < 1.29 is 29.3 Å². The molecule has 2 aromatic rings. The van der Waals surface area contributed by atoms with Gasteiger partial charge in [0.1, 0.15) is 19.0 Å². The highest BCUT2D eigenvalue weighted by atomic mass is 16.6. The van der Waals surface area contributed by atoms with Gasteiger partial charge in [0, 0.05) is 19.3 Å². The van der Waals surface area contributed by atoms with Gasteiger partial charge in [0.05, 0.1) is 17.7 Å². The molecule has 1 aliphatic carbocycles. The molecule has 1 amide bonds. The van der Waals surface area contributed by atoms with Crippen molar-refractivity contribution in [2.75, 3.05) is 31.2 Å². The van der Waals surface area contributed by atoms with Crippen LogP contribution in [-0.2, 0) is 4.79 Å². The van der Waals surface area contributed by atoms with Gasteiger partial charge in [0.25, 0.3) is 12.4 Å². The number of nitrogens with one attached hydrogen (secondary N) is 1. The Hall–Kier alpha value is -3.33. The maximum absolute atomic E-state index is 13.0. The van der Waals surface area contributed by atoms with E-state index in [1.807, 2.05) is 12.3 Å². The van der Waals surface area contributed by atoms with Crippen LogP contribution < -0.4 is 19.7 Å². The fraction of sp³-hybridized carbons (Fsp3) is 0.458. The molecule has 2 fully saturated rings. The number of aliphatic hydroxyl groups is 1. The van der Waals surface area contributed by atoms with Gasteiger partial charge in [-0.1, -0.05) is 12.1 Å². The molecule has 0 bridgehead atoms. The van der Waals surface area contributed by atoms with Crippen molar-refractivity contribution in [2.24, 2.45) is 11.8 Å². The number of anilines is 1. The molecule has 2 aliphatic heterocycles. The Bertz CT molecular complexity index is 1000. The summed E-state index contributed by atoms with van der Waals surface area (Å²) >= 11 is 0. The standard InChI is InChI=1S/C23H27N3O4.CH2O2/c1-14-4-3-7-24-22(14)26-12-15-10-18(19(27)11-16(15)13-26)25-23(28)17-5-2-6-20-21(17)30-9-8-29-20;2-1-3/h2-7,15-16,18-19,27H,8-13H2,1H3,(H,25,28);1H,(H,2,3)/t15-,16+,18-,19-;/m0./s1. The first-order valence-electron chi connectivity index (χ1n) is 11.1. The van der Waals surface area contributed by atoms with Crippen molar-refractivity contribution in [2.45, 2.75) is 31.9 Å². The van der Waals surface area contributed by atoms with Gasteiger partial charge in [-0.3, -0.25) is 9.59 Å². The predicted molar refractivity (Wildman–Crippen MR) is 121 cm³/mol. The summed E-state index contributed by atoms with van der Waals surface area (Å²) in [4.78, 5) is 28.2. The zero-order valence-corrected chi connectivity index (χ0v) is 18.5. The first-order valence-corrected chi connectivity index (χ1v) is 11.1. The number of rotatable bonds is 3. The maximum atomic E-state index is 13.0. The Labute approximate surface area is 192 Å². The van der Waals surface area contributed by atoms with E-state index in [1.165, 1.54) is 0 Å². The third-order valence-corrected chi connectivity index (χ3v) is 6.55. The lowest BCUT2D eigenvalue weighted by molar-refractivity contribution is -0.122. The monoisotopic (exact) mass is 455 g/mol. The van der Waals surface area contributed by atoms with Crippen LogP contribution in [0.2, 0.25) is 0 Å². The van der Waals surface area contributed by atoms with Gasteiger partial charge in [-0.15, -0.1) is 0 Å². The van der Waals surface area contributed by atoms with Gasteiger partial charge in [-0.05, 0) is 55.4 Å². The molecule has 3 heterocycles. The second-order valence-electron chi connectivity index (χ2n) is 8.62.